The van der Waals surface area contributed by atoms with Gasteiger partial charge in [0, 0.05) is 16.9 Å². The minimum absolute atomic E-state index is 0.716. The summed E-state index contributed by atoms with van der Waals surface area (Å²) in [6.45, 7) is 1.26. The standard InChI is InChI=1S/C23H39BrN2/c24-18-10-13-20-21-7-4-14-25-23(21)26(22(20)15-18)19-11-8-17(9-12-19)16-5-2-1-3-6-16/h16-23,25H,1-15H2. The molecule has 5 aliphatic rings. The fourth-order valence-electron chi connectivity index (χ4n) is 7.82. The third kappa shape index (κ3) is 3.43. The van der Waals surface area contributed by atoms with Crippen molar-refractivity contribution >= 4 is 15.9 Å². The molecule has 5 rings (SSSR count). The van der Waals surface area contributed by atoms with Crippen LogP contribution >= 0.6 is 15.9 Å². The molecule has 0 aromatic heterocycles. The maximum Gasteiger partial charge on any atom is 0.0634 e. The number of rotatable bonds is 2. The van der Waals surface area contributed by atoms with Crippen LogP contribution in [0.15, 0.2) is 0 Å². The zero-order chi connectivity index (χ0) is 17.5. The highest BCUT2D eigenvalue weighted by molar-refractivity contribution is 9.09. The third-order valence-electron chi connectivity index (χ3n) is 9.01. The molecule has 148 valence electrons. The molecule has 2 nitrogen and oxygen atoms in total. The molecule has 0 radical (unpaired) electrons. The van der Waals surface area contributed by atoms with Gasteiger partial charge in [-0.1, -0.05) is 48.0 Å². The van der Waals surface area contributed by atoms with E-state index in [0.717, 1.165) is 40.6 Å². The predicted molar refractivity (Wildman–Crippen MR) is 113 cm³/mol. The van der Waals surface area contributed by atoms with Gasteiger partial charge in [-0.15, -0.1) is 0 Å². The van der Waals surface area contributed by atoms with Crippen LogP contribution in [-0.2, 0) is 0 Å². The van der Waals surface area contributed by atoms with Crippen LogP contribution in [0.25, 0.3) is 0 Å². The molecule has 5 atom stereocenters. The van der Waals surface area contributed by atoms with Crippen molar-refractivity contribution in [3.63, 3.8) is 0 Å². The Labute approximate surface area is 169 Å². The molecule has 5 unspecified atom stereocenters. The van der Waals surface area contributed by atoms with Crippen molar-refractivity contribution in [2.45, 2.75) is 113 Å². The fraction of sp³-hybridized carbons (Fsp3) is 1.00. The molecular weight excluding hydrogens is 384 g/mol. The normalized spacial score (nSPS) is 48.1. The van der Waals surface area contributed by atoms with Gasteiger partial charge < -0.3 is 5.32 Å². The number of likely N-dealkylation sites (tertiary alicyclic amines) is 1. The number of fused-ring (bicyclic) bond motifs is 3. The number of alkyl halides is 1. The quantitative estimate of drug-likeness (QED) is 0.574. The second-order valence-corrected chi connectivity index (χ2v) is 11.6. The Bertz CT molecular complexity index is 469. The molecule has 5 fully saturated rings. The lowest BCUT2D eigenvalue weighted by Gasteiger charge is -2.45. The number of nitrogens with one attached hydrogen (secondary N) is 1. The van der Waals surface area contributed by atoms with Gasteiger partial charge >= 0.3 is 0 Å². The molecule has 2 heterocycles. The summed E-state index contributed by atoms with van der Waals surface area (Å²) in [4.78, 5) is 3.82. The Kier molecular flexibility index (Phi) is 5.69. The third-order valence-corrected chi connectivity index (χ3v) is 9.84. The van der Waals surface area contributed by atoms with Crippen molar-refractivity contribution in [3.8, 4) is 0 Å². The average molecular weight is 423 g/mol. The van der Waals surface area contributed by atoms with Gasteiger partial charge in [0.25, 0.3) is 0 Å². The van der Waals surface area contributed by atoms with Crippen LogP contribution < -0.4 is 5.32 Å². The van der Waals surface area contributed by atoms with Crippen molar-refractivity contribution in [2.75, 3.05) is 6.54 Å². The van der Waals surface area contributed by atoms with Crippen molar-refractivity contribution in [1.82, 2.24) is 10.2 Å². The van der Waals surface area contributed by atoms with Gasteiger partial charge in [-0.3, -0.25) is 4.90 Å². The van der Waals surface area contributed by atoms with Crippen LogP contribution in [0.2, 0.25) is 0 Å². The number of nitrogens with zero attached hydrogens (tertiary/aromatic N) is 1. The summed E-state index contributed by atoms with van der Waals surface area (Å²) < 4.78 is 0. The van der Waals surface area contributed by atoms with Gasteiger partial charge in [-0.2, -0.15) is 0 Å². The van der Waals surface area contributed by atoms with Gasteiger partial charge in [-0.05, 0) is 88.0 Å². The smallest absolute Gasteiger partial charge is 0.0634 e. The van der Waals surface area contributed by atoms with Gasteiger partial charge in [-0.25, -0.2) is 0 Å². The summed E-state index contributed by atoms with van der Waals surface area (Å²) in [6.07, 6.45) is 21.5. The Morgan fingerprint density at radius 1 is 0.692 bits per heavy atom. The fourth-order valence-corrected chi connectivity index (χ4v) is 8.46. The van der Waals surface area contributed by atoms with E-state index in [1.54, 1.807) is 12.8 Å². The largest absolute Gasteiger partial charge is 0.301 e. The van der Waals surface area contributed by atoms with E-state index in [0.29, 0.717) is 6.17 Å². The lowest BCUT2D eigenvalue weighted by atomic mass is 9.72. The first-order chi connectivity index (χ1) is 12.8. The summed E-state index contributed by atoms with van der Waals surface area (Å²) in [5.74, 6) is 4.08. The van der Waals surface area contributed by atoms with Gasteiger partial charge in [0.05, 0.1) is 6.17 Å². The molecule has 0 aromatic carbocycles. The Balaban J connectivity index is 1.27. The number of halogens is 1. The van der Waals surface area contributed by atoms with Crippen LogP contribution in [-0.4, -0.2) is 34.5 Å². The molecule has 3 saturated carbocycles. The molecule has 0 spiro atoms. The molecule has 2 saturated heterocycles. The molecule has 3 heteroatoms. The average Bonchev–Trinajstić information content (AvgIpc) is 3.02. The molecule has 0 bridgehead atoms. The summed E-state index contributed by atoms with van der Waals surface area (Å²) >= 11 is 3.99. The topological polar surface area (TPSA) is 15.3 Å². The van der Waals surface area contributed by atoms with E-state index in [-0.39, 0.29) is 0 Å². The van der Waals surface area contributed by atoms with Crippen molar-refractivity contribution < 1.29 is 0 Å². The molecule has 0 amide bonds. The van der Waals surface area contributed by atoms with E-state index in [4.69, 9.17) is 0 Å². The molecule has 26 heavy (non-hydrogen) atoms. The van der Waals surface area contributed by atoms with Gasteiger partial charge in [0.15, 0.2) is 0 Å². The van der Waals surface area contributed by atoms with E-state index in [1.165, 1.54) is 83.6 Å². The summed E-state index contributed by atoms with van der Waals surface area (Å²) in [7, 11) is 0. The van der Waals surface area contributed by atoms with Crippen molar-refractivity contribution in [1.29, 1.82) is 0 Å². The first kappa shape index (κ1) is 18.4. The summed E-state index contributed by atoms with van der Waals surface area (Å²) in [5, 5.41) is 3.98. The maximum atomic E-state index is 3.99. The highest BCUT2D eigenvalue weighted by atomic mass is 79.9. The monoisotopic (exact) mass is 422 g/mol. The minimum atomic E-state index is 0.716. The van der Waals surface area contributed by atoms with E-state index in [1.807, 2.05) is 0 Å². The lowest BCUT2D eigenvalue weighted by molar-refractivity contribution is 0.0374. The molecule has 2 aliphatic heterocycles. The molecular formula is C23H39BrN2. The second-order valence-electron chi connectivity index (χ2n) is 10.3. The van der Waals surface area contributed by atoms with Crippen LogP contribution in [0.1, 0.15) is 89.9 Å². The number of hydrogen-bond donors (Lipinski definition) is 1. The minimum Gasteiger partial charge on any atom is -0.301 e. The Morgan fingerprint density at radius 3 is 2.27 bits per heavy atom. The van der Waals surface area contributed by atoms with Gasteiger partial charge in [0.1, 0.15) is 0 Å². The van der Waals surface area contributed by atoms with E-state index < -0.39 is 0 Å². The first-order valence-electron chi connectivity index (χ1n) is 12.0. The highest BCUT2D eigenvalue weighted by Crippen LogP contribution is 2.50. The van der Waals surface area contributed by atoms with Crippen molar-refractivity contribution in [2.24, 2.45) is 23.7 Å². The van der Waals surface area contributed by atoms with Crippen LogP contribution in [0.5, 0.6) is 0 Å². The molecule has 3 aliphatic carbocycles. The predicted octanol–water partition coefficient (Wildman–Crippen LogP) is 5.70. The summed E-state index contributed by atoms with van der Waals surface area (Å²) in [6, 6.07) is 1.74. The van der Waals surface area contributed by atoms with E-state index in [2.05, 4.69) is 26.1 Å². The lowest BCUT2D eigenvalue weighted by Crippen LogP contribution is -2.55. The zero-order valence-electron chi connectivity index (χ0n) is 16.6. The van der Waals surface area contributed by atoms with E-state index in [9.17, 15) is 0 Å². The Hall–Kier alpha value is 0.400. The SMILES string of the molecule is BrC1CCC2C3CCCNC3N(C3CCC(C4CCCCC4)CC3)C2C1. The second kappa shape index (κ2) is 8.03. The zero-order valence-corrected chi connectivity index (χ0v) is 18.1. The van der Waals surface area contributed by atoms with E-state index >= 15 is 0 Å². The van der Waals surface area contributed by atoms with Crippen LogP contribution in [0.3, 0.4) is 0 Å². The number of hydrogen-bond acceptors (Lipinski definition) is 2. The van der Waals surface area contributed by atoms with Crippen molar-refractivity contribution in [3.05, 3.63) is 0 Å². The maximum absolute atomic E-state index is 3.99. The summed E-state index contributed by atoms with van der Waals surface area (Å²) in [5.41, 5.74) is 0. The van der Waals surface area contributed by atoms with Crippen LogP contribution in [0.4, 0.5) is 0 Å². The number of piperidine rings is 1. The Morgan fingerprint density at radius 2 is 1.46 bits per heavy atom. The highest BCUT2D eigenvalue weighted by Gasteiger charge is 2.53. The van der Waals surface area contributed by atoms with Gasteiger partial charge in [0.2, 0.25) is 0 Å². The molecule has 1 N–H and O–H groups in total. The first-order valence-corrected chi connectivity index (χ1v) is 12.9. The van der Waals surface area contributed by atoms with Crippen LogP contribution in [0, 0.1) is 23.7 Å². The molecule has 0 aromatic rings.